The molecule has 3 nitrogen and oxygen atoms in total. The van der Waals surface area contributed by atoms with Gasteiger partial charge in [-0.3, -0.25) is 10.1 Å². The van der Waals surface area contributed by atoms with Crippen molar-refractivity contribution in [1.82, 2.24) is 5.32 Å². The Morgan fingerprint density at radius 1 is 1.32 bits per heavy atom. The van der Waals surface area contributed by atoms with Crippen LogP contribution in [0, 0.1) is 5.92 Å². The Kier molecular flexibility index (Phi) is 6.03. The Morgan fingerprint density at radius 3 is 2.42 bits per heavy atom. The first kappa shape index (κ1) is 15.7. The molecule has 0 saturated heterocycles. The van der Waals surface area contributed by atoms with Crippen LogP contribution in [0.4, 0.5) is 0 Å². The van der Waals surface area contributed by atoms with Gasteiger partial charge in [-0.2, -0.15) is 0 Å². The Hall–Kier alpha value is -1.35. The maximum absolute atomic E-state index is 11.7. The highest BCUT2D eigenvalue weighted by Crippen LogP contribution is 2.24. The summed E-state index contributed by atoms with van der Waals surface area (Å²) in [5, 5.41) is 12.8. The van der Waals surface area contributed by atoms with Gasteiger partial charge in [0, 0.05) is 6.54 Å². The van der Waals surface area contributed by atoms with Crippen LogP contribution in [-0.4, -0.2) is 16.6 Å². The summed E-state index contributed by atoms with van der Waals surface area (Å²) in [4.78, 5) is 11.7. The molecule has 0 fully saturated rings. The molecule has 0 amide bonds. The van der Waals surface area contributed by atoms with Crippen LogP contribution in [0.15, 0.2) is 30.3 Å². The molecule has 106 valence electrons. The third-order valence-corrected chi connectivity index (χ3v) is 3.88. The zero-order valence-corrected chi connectivity index (χ0v) is 12.1. The van der Waals surface area contributed by atoms with Crippen LogP contribution < -0.4 is 5.32 Å². The molecule has 0 heterocycles. The molecule has 0 bridgehead atoms. The molecule has 0 aliphatic carbocycles. The monoisotopic (exact) mass is 263 g/mol. The van der Waals surface area contributed by atoms with Gasteiger partial charge in [-0.25, -0.2) is 0 Å². The third kappa shape index (κ3) is 4.35. The number of carboxylic acid groups (broad SMARTS) is 1. The molecule has 2 N–H and O–H groups in total. The van der Waals surface area contributed by atoms with Crippen molar-refractivity contribution in [3.63, 3.8) is 0 Å². The predicted molar refractivity (Wildman–Crippen MR) is 78.0 cm³/mol. The van der Waals surface area contributed by atoms with Gasteiger partial charge >= 0.3 is 5.97 Å². The summed E-state index contributed by atoms with van der Waals surface area (Å²) in [5.41, 5.74) is 0.302. The number of carboxylic acids is 1. The molecule has 2 atom stereocenters. The second kappa shape index (κ2) is 7.29. The Labute approximate surface area is 116 Å². The maximum Gasteiger partial charge on any atom is 0.323 e. The summed E-state index contributed by atoms with van der Waals surface area (Å²) in [7, 11) is 0. The molecule has 0 aliphatic heterocycles. The van der Waals surface area contributed by atoms with Gasteiger partial charge in [-0.1, -0.05) is 57.5 Å². The zero-order chi connectivity index (χ0) is 14.3. The van der Waals surface area contributed by atoms with Gasteiger partial charge in [-0.15, -0.1) is 0 Å². The van der Waals surface area contributed by atoms with E-state index in [9.17, 15) is 9.90 Å². The lowest BCUT2D eigenvalue weighted by Crippen LogP contribution is -2.52. The standard InChI is InChI=1S/C16H25NO2/c1-4-13(3)11-16(5-2,15(18)19)17-12-14-9-7-6-8-10-14/h6-10,13,17H,4-5,11-12H2,1-3H3,(H,18,19). The molecular formula is C16H25NO2. The van der Waals surface area contributed by atoms with E-state index in [1.807, 2.05) is 37.3 Å². The number of aliphatic carboxylic acids is 1. The van der Waals surface area contributed by atoms with Crippen LogP contribution in [0.1, 0.15) is 45.6 Å². The van der Waals surface area contributed by atoms with E-state index < -0.39 is 11.5 Å². The van der Waals surface area contributed by atoms with Crippen molar-refractivity contribution in [3.05, 3.63) is 35.9 Å². The first-order chi connectivity index (χ1) is 9.04. The van der Waals surface area contributed by atoms with Crippen LogP contribution in [0.5, 0.6) is 0 Å². The number of hydrogen-bond donors (Lipinski definition) is 2. The molecule has 3 heteroatoms. The SMILES string of the molecule is CCC(C)CC(CC)(NCc1ccccc1)C(=O)O. The third-order valence-electron chi connectivity index (χ3n) is 3.88. The van der Waals surface area contributed by atoms with Crippen LogP contribution in [-0.2, 0) is 11.3 Å². The van der Waals surface area contributed by atoms with Crippen LogP contribution in [0.2, 0.25) is 0 Å². The molecule has 1 aromatic rings. The summed E-state index contributed by atoms with van der Waals surface area (Å²) < 4.78 is 0. The zero-order valence-electron chi connectivity index (χ0n) is 12.1. The highest BCUT2D eigenvalue weighted by atomic mass is 16.4. The van der Waals surface area contributed by atoms with E-state index >= 15 is 0 Å². The quantitative estimate of drug-likeness (QED) is 0.755. The molecule has 0 saturated carbocycles. The van der Waals surface area contributed by atoms with Gasteiger partial charge in [0.15, 0.2) is 0 Å². The summed E-state index contributed by atoms with van der Waals surface area (Å²) in [6.45, 7) is 6.74. The molecular weight excluding hydrogens is 238 g/mol. The minimum Gasteiger partial charge on any atom is -0.480 e. The van der Waals surface area contributed by atoms with Crippen LogP contribution >= 0.6 is 0 Å². The van der Waals surface area contributed by atoms with E-state index in [-0.39, 0.29) is 0 Å². The molecule has 1 rings (SSSR count). The second-order valence-corrected chi connectivity index (χ2v) is 5.30. The smallest absolute Gasteiger partial charge is 0.323 e. The molecule has 0 spiro atoms. The fourth-order valence-corrected chi connectivity index (χ4v) is 2.26. The maximum atomic E-state index is 11.7. The number of carbonyl (C=O) groups is 1. The highest BCUT2D eigenvalue weighted by molar-refractivity contribution is 5.78. The highest BCUT2D eigenvalue weighted by Gasteiger charge is 2.37. The molecule has 2 unspecified atom stereocenters. The van der Waals surface area contributed by atoms with Crippen molar-refractivity contribution in [2.24, 2.45) is 5.92 Å². The van der Waals surface area contributed by atoms with Crippen molar-refractivity contribution in [2.45, 2.75) is 52.1 Å². The van der Waals surface area contributed by atoms with Crippen molar-refractivity contribution in [3.8, 4) is 0 Å². The van der Waals surface area contributed by atoms with E-state index in [0.717, 1.165) is 12.0 Å². The van der Waals surface area contributed by atoms with Gasteiger partial charge in [0.25, 0.3) is 0 Å². The molecule has 19 heavy (non-hydrogen) atoms. The summed E-state index contributed by atoms with van der Waals surface area (Å²) in [6, 6.07) is 9.93. The van der Waals surface area contributed by atoms with E-state index in [1.165, 1.54) is 0 Å². The second-order valence-electron chi connectivity index (χ2n) is 5.30. The van der Waals surface area contributed by atoms with E-state index in [2.05, 4.69) is 19.2 Å². The molecule has 1 aromatic carbocycles. The van der Waals surface area contributed by atoms with Crippen molar-refractivity contribution in [2.75, 3.05) is 0 Å². The van der Waals surface area contributed by atoms with Gasteiger partial charge in [0.1, 0.15) is 5.54 Å². The summed E-state index contributed by atoms with van der Waals surface area (Å²) >= 11 is 0. The van der Waals surface area contributed by atoms with Crippen molar-refractivity contribution < 1.29 is 9.90 Å². The van der Waals surface area contributed by atoms with Crippen LogP contribution in [0.3, 0.4) is 0 Å². The normalized spacial score (nSPS) is 15.7. The Morgan fingerprint density at radius 2 is 1.95 bits per heavy atom. The lowest BCUT2D eigenvalue weighted by Gasteiger charge is -2.32. The predicted octanol–water partition coefficient (Wildman–Crippen LogP) is 3.45. The van der Waals surface area contributed by atoms with E-state index in [1.54, 1.807) is 0 Å². The Balaban J connectivity index is 2.76. The first-order valence-corrected chi connectivity index (χ1v) is 7.06. The fourth-order valence-electron chi connectivity index (χ4n) is 2.26. The summed E-state index contributed by atoms with van der Waals surface area (Å²) in [6.07, 6.45) is 2.27. The van der Waals surface area contributed by atoms with Gasteiger partial charge in [0.2, 0.25) is 0 Å². The lowest BCUT2D eigenvalue weighted by molar-refractivity contribution is -0.146. The average molecular weight is 263 g/mol. The molecule has 0 radical (unpaired) electrons. The molecule has 0 aliphatic rings. The topological polar surface area (TPSA) is 49.3 Å². The number of hydrogen-bond acceptors (Lipinski definition) is 2. The number of benzene rings is 1. The number of rotatable bonds is 8. The van der Waals surface area contributed by atoms with E-state index in [4.69, 9.17) is 0 Å². The van der Waals surface area contributed by atoms with Gasteiger partial charge in [0.05, 0.1) is 0 Å². The van der Waals surface area contributed by atoms with E-state index in [0.29, 0.717) is 25.3 Å². The molecule has 0 aromatic heterocycles. The largest absolute Gasteiger partial charge is 0.480 e. The summed E-state index contributed by atoms with van der Waals surface area (Å²) in [5.74, 6) is -0.342. The minimum absolute atomic E-state index is 0.402. The number of nitrogens with one attached hydrogen (secondary N) is 1. The van der Waals surface area contributed by atoms with Crippen molar-refractivity contribution >= 4 is 5.97 Å². The fraction of sp³-hybridized carbons (Fsp3) is 0.562. The van der Waals surface area contributed by atoms with Crippen molar-refractivity contribution in [1.29, 1.82) is 0 Å². The first-order valence-electron chi connectivity index (χ1n) is 7.06. The minimum atomic E-state index is -0.814. The van der Waals surface area contributed by atoms with Gasteiger partial charge < -0.3 is 5.11 Å². The lowest BCUT2D eigenvalue weighted by atomic mass is 9.84. The average Bonchev–Trinajstić information content (AvgIpc) is 2.44. The van der Waals surface area contributed by atoms with Gasteiger partial charge in [-0.05, 0) is 24.3 Å². The van der Waals surface area contributed by atoms with Crippen LogP contribution in [0.25, 0.3) is 0 Å². The Bertz CT molecular complexity index is 391.